The Bertz CT molecular complexity index is 745. The number of nitrogens with zero attached hydrogens (tertiary/aromatic N) is 3. The van der Waals surface area contributed by atoms with E-state index in [-0.39, 0.29) is 16.8 Å². The minimum atomic E-state index is -0.620. The van der Waals surface area contributed by atoms with Crippen LogP contribution in [0.5, 0.6) is 0 Å². The molecule has 0 spiro atoms. The van der Waals surface area contributed by atoms with Gasteiger partial charge >= 0.3 is 0 Å². The summed E-state index contributed by atoms with van der Waals surface area (Å²) in [6, 6.07) is 4.95. The molecule has 0 amide bonds. The van der Waals surface area contributed by atoms with Crippen molar-refractivity contribution in [1.82, 2.24) is 9.78 Å². The highest BCUT2D eigenvalue weighted by atomic mass is 35.5. The highest BCUT2D eigenvalue weighted by Crippen LogP contribution is 2.35. The number of hydrogen-bond acceptors (Lipinski definition) is 3. The zero-order chi connectivity index (χ0) is 15.7. The molecular weight excluding hydrogens is 305 g/mol. The normalized spacial score (nSPS) is 18.2. The standard InChI is InChI=1S/C16H15ClFN3O/c1-10-11(8-13(18)12(9-19)16(10)17)14-5-6-20-21(14)15-4-2-3-7-22-15/h5-6,8,15H,2-4,7H2,1H3. The molecule has 114 valence electrons. The highest BCUT2D eigenvalue weighted by molar-refractivity contribution is 6.32. The Hall–Kier alpha value is -1.90. The lowest BCUT2D eigenvalue weighted by molar-refractivity contribution is -0.0383. The van der Waals surface area contributed by atoms with Crippen LogP contribution in [-0.4, -0.2) is 16.4 Å². The van der Waals surface area contributed by atoms with E-state index in [1.54, 1.807) is 23.9 Å². The zero-order valence-electron chi connectivity index (χ0n) is 12.1. The van der Waals surface area contributed by atoms with E-state index in [1.807, 2.05) is 6.07 Å². The molecule has 6 heteroatoms. The summed E-state index contributed by atoms with van der Waals surface area (Å²) >= 11 is 6.14. The summed E-state index contributed by atoms with van der Waals surface area (Å²) in [4.78, 5) is 0. The largest absolute Gasteiger partial charge is 0.356 e. The first-order valence-electron chi connectivity index (χ1n) is 7.17. The fraction of sp³-hybridized carbons (Fsp3) is 0.375. The lowest BCUT2D eigenvalue weighted by Gasteiger charge is -2.25. The summed E-state index contributed by atoms with van der Waals surface area (Å²) in [5, 5.41) is 13.5. The molecule has 1 aromatic carbocycles. The van der Waals surface area contributed by atoms with Crippen molar-refractivity contribution in [3.05, 3.63) is 40.3 Å². The van der Waals surface area contributed by atoms with Crippen LogP contribution < -0.4 is 0 Å². The molecule has 2 aromatic rings. The molecule has 1 aliphatic heterocycles. The quantitative estimate of drug-likeness (QED) is 0.832. The van der Waals surface area contributed by atoms with Crippen molar-refractivity contribution in [1.29, 1.82) is 5.26 Å². The van der Waals surface area contributed by atoms with Crippen LogP contribution in [0.3, 0.4) is 0 Å². The van der Waals surface area contributed by atoms with Gasteiger partial charge in [-0.25, -0.2) is 9.07 Å². The smallest absolute Gasteiger partial charge is 0.150 e. The average molecular weight is 320 g/mol. The Balaban J connectivity index is 2.10. The summed E-state index contributed by atoms with van der Waals surface area (Å²) < 4.78 is 21.6. The molecule has 4 nitrogen and oxygen atoms in total. The van der Waals surface area contributed by atoms with Crippen LogP contribution in [-0.2, 0) is 4.74 Å². The zero-order valence-corrected chi connectivity index (χ0v) is 12.9. The van der Waals surface area contributed by atoms with Crippen molar-refractivity contribution in [2.45, 2.75) is 32.4 Å². The summed E-state index contributed by atoms with van der Waals surface area (Å²) in [7, 11) is 0. The van der Waals surface area contributed by atoms with Gasteiger partial charge in [-0.1, -0.05) is 11.6 Å². The van der Waals surface area contributed by atoms with Crippen molar-refractivity contribution in [3.8, 4) is 17.3 Å². The van der Waals surface area contributed by atoms with Crippen molar-refractivity contribution >= 4 is 11.6 Å². The van der Waals surface area contributed by atoms with Gasteiger partial charge in [0.1, 0.15) is 17.4 Å². The van der Waals surface area contributed by atoms with Gasteiger partial charge in [-0.3, -0.25) is 0 Å². The molecule has 1 saturated heterocycles. The minimum absolute atomic E-state index is 0.122. The van der Waals surface area contributed by atoms with E-state index in [4.69, 9.17) is 21.6 Å². The Kier molecular flexibility index (Phi) is 4.14. The number of ether oxygens (including phenoxy) is 1. The van der Waals surface area contributed by atoms with Gasteiger partial charge in [0.25, 0.3) is 0 Å². The van der Waals surface area contributed by atoms with Crippen molar-refractivity contribution < 1.29 is 9.13 Å². The van der Waals surface area contributed by atoms with Crippen LogP contribution in [0.25, 0.3) is 11.3 Å². The maximum Gasteiger partial charge on any atom is 0.150 e. The van der Waals surface area contributed by atoms with Gasteiger partial charge < -0.3 is 4.74 Å². The first kappa shape index (κ1) is 15.0. The third kappa shape index (κ3) is 2.49. The predicted octanol–water partition coefficient (Wildman–Crippen LogP) is 4.22. The molecular formula is C16H15ClFN3O. The third-order valence-electron chi connectivity index (χ3n) is 3.95. The van der Waals surface area contributed by atoms with Crippen molar-refractivity contribution in [3.63, 3.8) is 0 Å². The van der Waals surface area contributed by atoms with E-state index in [0.717, 1.165) is 25.0 Å². The fourth-order valence-electron chi connectivity index (χ4n) is 2.76. The topological polar surface area (TPSA) is 50.8 Å². The Labute approximate surface area is 133 Å². The van der Waals surface area contributed by atoms with Crippen molar-refractivity contribution in [2.75, 3.05) is 6.61 Å². The number of rotatable bonds is 2. The van der Waals surface area contributed by atoms with E-state index >= 15 is 0 Å². The van der Waals surface area contributed by atoms with Gasteiger partial charge in [-0.05, 0) is 43.9 Å². The minimum Gasteiger partial charge on any atom is -0.356 e. The molecule has 0 radical (unpaired) electrons. The van der Waals surface area contributed by atoms with Crippen LogP contribution >= 0.6 is 11.6 Å². The lowest BCUT2D eigenvalue weighted by atomic mass is 10.0. The Morgan fingerprint density at radius 1 is 1.50 bits per heavy atom. The molecule has 2 heterocycles. The highest BCUT2D eigenvalue weighted by Gasteiger charge is 2.22. The number of halogens is 2. The molecule has 0 aliphatic carbocycles. The number of hydrogen-bond donors (Lipinski definition) is 0. The van der Waals surface area contributed by atoms with Crippen molar-refractivity contribution in [2.24, 2.45) is 0 Å². The molecule has 3 rings (SSSR count). The summed E-state index contributed by atoms with van der Waals surface area (Å²) in [6.07, 6.45) is 4.52. The first-order valence-corrected chi connectivity index (χ1v) is 7.55. The first-order chi connectivity index (χ1) is 10.6. The monoisotopic (exact) mass is 319 g/mol. The van der Waals surface area contributed by atoms with Gasteiger partial charge in [-0.2, -0.15) is 10.4 Å². The van der Waals surface area contributed by atoms with E-state index in [1.165, 1.54) is 6.07 Å². The molecule has 0 saturated carbocycles. The van der Waals surface area contributed by atoms with Crippen LogP contribution in [0.1, 0.15) is 36.6 Å². The molecule has 1 unspecified atom stereocenters. The van der Waals surface area contributed by atoms with Crippen LogP contribution in [0.15, 0.2) is 18.3 Å². The van der Waals surface area contributed by atoms with E-state index in [2.05, 4.69) is 5.10 Å². The molecule has 1 fully saturated rings. The Morgan fingerprint density at radius 2 is 2.32 bits per heavy atom. The second-order valence-corrected chi connectivity index (χ2v) is 5.69. The van der Waals surface area contributed by atoms with Gasteiger partial charge in [0.2, 0.25) is 0 Å². The molecule has 0 bridgehead atoms. The molecule has 1 atom stereocenters. The van der Waals surface area contributed by atoms with E-state index in [0.29, 0.717) is 17.7 Å². The predicted molar refractivity (Wildman–Crippen MR) is 80.9 cm³/mol. The number of benzene rings is 1. The summed E-state index contributed by atoms with van der Waals surface area (Å²) in [6.45, 7) is 2.47. The lowest BCUT2D eigenvalue weighted by Crippen LogP contribution is -2.20. The summed E-state index contributed by atoms with van der Waals surface area (Å²) in [5.74, 6) is -0.620. The average Bonchev–Trinajstić information content (AvgIpc) is 3.01. The number of aromatic nitrogens is 2. The molecule has 1 aliphatic rings. The maximum absolute atomic E-state index is 14.1. The van der Waals surface area contributed by atoms with Gasteiger partial charge in [-0.15, -0.1) is 0 Å². The second-order valence-electron chi connectivity index (χ2n) is 5.31. The number of nitriles is 1. The molecule has 0 N–H and O–H groups in total. The Morgan fingerprint density at radius 3 is 3.00 bits per heavy atom. The summed E-state index contributed by atoms with van der Waals surface area (Å²) in [5.41, 5.74) is 1.92. The second kappa shape index (κ2) is 6.07. The fourth-order valence-corrected chi connectivity index (χ4v) is 2.99. The molecule has 22 heavy (non-hydrogen) atoms. The van der Waals surface area contributed by atoms with Crippen LogP contribution in [0, 0.1) is 24.1 Å². The van der Waals surface area contributed by atoms with E-state index < -0.39 is 5.82 Å². The van der Waals surface area contributed by atoms with Crippen LogP contribution in [0.4, 0.5) is 4.39 Å². The van der Waals surface area contributed by atoms with Crippen LogP contribution in [0.2, 0.25) is 5.02 Å². The third-order valence-corrected chi connectivity index (χ3v) is 4.42. The van der Waals surface area contributed by atoms with Gasteiger partial charge in [0, 0.05) is 18.4 Å². The maximum atomic E-state index is 14.1. The van der Waals surface area contributed by atoms with Gasteiger partial charge in [0.05, 0.1) is 10.7 Å². The van der Waals surface area contributed by atoms with E-state index in [9.17, 15) is 4.39 Å². The molecule has 1 aromatic heterocycles. The van der Waals surface area contributed by atoms with Gasteiger partial charge in [0.15, 0.2) is 6.23 Å². The SMILES string of the molecule is Cc1c(-c2ccnn2C2CCCCO2)cc(F)c(C#N)c1Cl.